The maximum atomic E-state index is 13.1. The zero-order valence-corrected chi connectivity index (χ0v) is 14.8. The van der Waals surface area contributed by atoms with Crippen molar-refractivity contribution in [2.75, 3.05) is 38.5 Å². The molecule has 140 valence electrons. The lowest BCUT2D eigenvalue weighted by molar-refractivity contribution is -0.137. The lowest BCUT2D eigenvalue weighted by Gasteiger charge is -2.32. The maximum absolute atomic E-state index is 13.1. The summed E-state index contributed by atoms with van der Waals surface area (Å²) in [5.74, 6) is 0. The molecule has 26 heavy (non-hydrogen) atoms. The van der Waals surface area contributed by atoms with E-state index in [0.29, 0.717) is 23.1 Å². The Morgan fingerprint density at radius 3 is 2.62 bits per heavy atom. The fraction of sp³-hybridized carbons (Fsp3) is 0.375. The third-order valence-corrected chi connectivity index (χ3v) is 5.01. The number of imidazole rings is 1. The second-order valence-corrected chi connectivity index (χ2v) is 6.96. The molecular formula is C16H18F3N5OS. The van der Waals surface area contributed by atoms with Gasteiger partial charge < -0.3 is 20.1 Å². The third-order valence-electron chi connectivity index (χ3n) is 4.02. The number of benzene rings is 1. The number of urea groups is 1. The number of nitrogens with one attached hydrogen (secondary N) is 2. The number of aromatic amines is 1. The van der Waals surface area contributed by atoms with Crippen LogP contribution in [-0.4, -0.2) is 59.0 Å². The molecule has 1 aromatic heterocycles. The number of aromatic nitrogens is 2. The van der Waals surface area contributed by atoms with Gasteiger partial charge in [0.15, 0.2) is 5.16 Å². The van der Waals surface area contributed by atoms with Crippen molar-refractivity contribution in [1.82, 2.24) is 19.8 Å². The van der Waals surface area contributed by atoms with Crippen LogP contribution in [0, 0.1) is 0 Å². The van der Waals surface area contributed by atoms with Crippen molar-refractivity contribution in [1.29, 1.82) is 0 Å². The quantitative estimate of drug-likeness (QED) is 0.851. The zero-order valence-electron chi connectivity index (χ0n) is 14.0. The summed E-state index contributed by atoms with van der Waals surface area (Å²) >= 11 is 1.15. The first-order valence-corrected chi connectivity index (χ1v) is 8.77. The van der Waals surface area contributed by atoms with Gasteiger partial charge in [-0.15, -0.1) is 0 Å². The normalized spacial score (nSPS) is 15.9. The Bertz CT molecular complexity index is 758. The van der Waals surface area contributed by atoms with E-state index in [2.05, 4.69) is 20.2 Å². The molecule has 0 radical (unpaired) electrons. The number of carbonyl (C=O) groups excluding carboxylic acids is 1. The molecule has 0 aliphatic carbocycles. The Balaban J connectivity index is 1.83. The molecule has 0 atom stereocenters. The minimum absolute atomic E-state index is 0.116. The summed E-state index contributed by atoms with van der Waals surface area (Å²) < 4.78 is 39.2. The maximum Gasteiger partial charge on any atom is 0.416 e. The van der Waals surface area contributed by atoms with Gasteiger partial charge in [0, 0.05) is 43.5 Å². The molecule has 1 aromatic carbocycles. The third kappa shape index (κ3) is 4.50. The number of amides is 2. The van der Waals surface area contributed by atoms with Crippen molar-refractivity contribution in [3.63, 3.8) is 0 Å². The van der Waals surface area contributed by atoms with Gasteiger partial charge in [0.25, 0.3) is 0 Å². The summed E-state index contributed by atoms with van der Waals surface area (Å²) in [6, 6.07) is 2.89. The van der Waals surface area contributed by atoms with E-state index < -0.39 is 17.8 Å². The smallest absolute Gasteiger partial charge is 0.339 e. The first-order valence-electron chi connectivity index (χ1n) is 7.96. The van der Waals surface area contributed by atoms with Crippen molar-refractivity contribution >= 4 is 23.5 Å². The van der Waals surface area contributed by atoms with E-state index in [1.165, 1.54) is 6.07 Å². The average molecular weight is 385 g/mol. The molecule has 1 fully saturated rings. The number of hydrogen-bond acceptors (Lipinski definition) is 4. The molecule has 2 heterocycles. The molecule has 0 unspecified atom stereocenters. The molecule has 2 aromatic rings. The Labute approximate surface area is 152 Å². The van der Waals surface area contributed by atoms with Gasteiger partial charge in [0.05, 0.1) is 11.3 Å². The van der Waals surface area contributed by atoms with Crippen LogP contribution in [0.2, 0.25) is 0 Å². The lowest BCUT2D eigenvalue weighted by Crippen LogP contribution is -2.48. The van der Waals surface area contributed by atoms with Crippen LogP contribution in [0.4, 0.5) is 23.7 Å². The first kappa shape index (κ1) is 18.6. The second-order valence-electron chi connectivity index (χ2n) is 5.93. The molecule has 2 N–H and O–H groups in total. The molecule has 6 nitrogen and oxygen atoms in total. The second kappa shape index (κ2) is 7.58. The van der Waals surface area contributed by atoms with Crippen LogP contribution >= 0.6 is 11.8 Å². The predicted molar refractivity (Wildman–Crippen MR) is 92.2 cm³/mol. The van der Waals surface area contributed by atoms with Gasteiger partial charge in [0.2, 0.25) is 0 Å². The minimum atomic E-state index is -4.48. The van der Waals surface area contributed by atoms with E-state index in [1.807, 2.05) is 7.05 Å². The number of likely N-dealkylation sites (N-methyl/N-ethyl adjacent to an activating group) is 1. The van der Waals surface area contributed by atoms with Crippen LogP contribution in [0.15, 0.2) is 40.6 Å². The van der Waals surface area contributed by atoms with E-state index in [0.717, 1.165) is 37.0 Å². The summed E-state index contributed by atoms with van der Waals surface area (Å²) in [6.07, 6.45) is -1.31. The summed E-state index contributed by atoms with van der Waals surface area (Å²) in [5, 5.41) is 3.15. The lowest BCUT2D eigenvalue weighted by atomic mass is 10.2. The van der Waals surface area contributed by atoms with Gasteiger partial charge in [-0.2, -0.15) is 13.2 Å². The van der Waals surface area contributed by atoms with Crippen molar-refractivity contribution in [3.8, 4) is 0 Å². The number of alkyl halides is 3. The summed E-state index contributed by atoms with van der Waals surface area (Å²) in [7, 11) is 1.96. The van der Waals surface area contributed by atoms with Gasteiger partial charge in [-0.25, -0.2) is 9.78 Å². The van der Waals surface area contributed by atoms with Crippen molar-refractivity contribution in [3.05, 3.63) is 36.2 Å². The molecular weight excluding hydrogens is 367 g/mol. The standard InChI is InChI=1S/C16H18F3N5OS/c1-23-6-8-24(9-7-23)15(25)22-12-10-11(16(17,18)19)2-3-13(12)26-14-20-4-5-21-14/h2-5,10H,6-9H2,1H3,(H,20,21)(H,22,25). The average Bonchev–Trinajstić information content (AvgIpc) is 3.09. The van der Waals surface area contributed by atoms with E-state index in [1.54, 1.807) is 17.3 Å². The molecule has 1 saturated heterocycles. The van der Waals surface area contributed by atoms with Crippen molar-refractivity contribution in [2.45, 2.75) is 16.2 Å². The van der Waals surface area contributed by atoms with Crippen LogP contribution in [0.3, 0.4) is 0 Å². The van der Waals surface area contributed by atoms with E-state index >= 15 is 0 Å². The SMILES string of the molecule is CN1CCN(C(=O)Nc2cc(C(F)(F)F)ccc2Sc2ncc[nH]2)CC1. The Kier molecular flexibility index (Phi) is 5.42. The first-order chi connectivity index (χ1) is 12.3. The Morgan fingerprint density at radius 1 is 1.27 bits per heavy atom. The Hall–Kier alpha value is -2.20. The largest absolute Gasteiger partial charge is 0.416 e. The monoisotopic (exact) mass is 385 g/mol. The van der Waals surface area contributed by atoms with Gasteiger partial charge in [0.1, 0.15) is 0 Å². The number of halogens is 3. The molecule has 0 spiro atoms. The molecule has 1 aliphatic rings. The fourth-order valence-electron chi connectivity index (χ4n) is 2.51. The summed E-state index contributed by atoms with van der Waals surface area (Å²) in [5.41, 5.74) is -0.694. The van der Waals surface area contributed by atoms with Gasteiger partial charge >= 0.3 is 12.2 Å². The number of anilines is 1. The van der Waals surface area contributed by atoms with E-state index in [9.17, 15) is 18.0 Å². The Morgan fingerprint density at radius 2 is 2.00 bits per heavy atom. The highest BCUT2D eigenvalue weighted by atomic mass is 32.2. The highest BCUT2D eigenvalue weighted by Crippen LogP contribution is 2.37. The van der Waals surface area contributed by atoms with Crippen LogP contribution in [0.5, 0.6) is 0 Å². The highest BCUT2D eigenvalue weighted by molar-refractivity contribution is 7.99. The van der Waals surface area contributed by atoms with E-state index in [-0.39, 0.29) is 5.69 Å². The molecule has 10 heteroatoms. The van der Waals surface area contributed by atoms with E-state index in [4.69, 9.17) is 0 Å². The number of H-pyrrole nitrogens is 1. The van der Waals surface area contributed by atoms with Crippen LogP contribution in [0.1, 0.15) is 5.56 Å². The van der Waals surface area contributed by atoms with Crippen LogP contribution in [0.25, 0.3) is 0 Å². The predicted octanol–water partition coefficient (Wildman–Crippen LogP) is 3.36. The fourth-order valence-corrected chi connectivity index (χ4v) is 3.31. The van der Waals surface area contributed by atoms with Gasteiger partial charge in [-0.3, -0.25) is 0 Å². The number of nitrogens with zero attached hydrogens (tertiary/aromatic N) is 3. The molecule has 3 rings (SSSR count). The minimum Gasteiger partial charge on any atom is -0.339 e. The van der Waals surface area contributed by atoms with Crippen LogP contribution < -0.4 is 5.32 Å². The number of carbonyl (C=O) groups is 1. The van der Waals surface area contributed by atoms with Gasteiger partial charge in [-0.05, 0) is 37.0 Å². The van der Waals surface area contributed by atoms with Gasteiger partial charge in [-0.1, -0.05) is 0 Å². The van der Waals surface area contributed by atoms with Crippen LogP contribution in [-0.2, 0) is 6.18 Å². The molecule has 2 amide bonds. The molecule has 0 saturated carbocycles. The van der Waals surface area contributed by atoms with Crippen molar-refractivity contribution in [2.24, 2.45) is 0 Å². The number of piperazine rings is 1. The zero-order chi connectivity index (χ0) is 18.7. The molecule has 1 aliphatic heterocycles. The molecule has 0 bridgehead atoms. The van der Waals surface area contributed by atoms with Crippen molar-refractivity contribution < 1.29 is 18.0 Å². The highest BCUT2D eigenvalue weighted by Gasteiger charge is 2.31. The number of hydrogen-bond donors (Lipinski definition) is 2. The topological polar surface area (TPSA) is 64.3 Å². The summed E-state index contributed by atoms with van der Waals surface area (Å²) in [4.78, 5) is 23.6. The summed E-state index contributed by atoms with van der Waals surface area (Å²) in [6.45, 7) is 2.51. The number of rotatable bonds is 3.